The number of likely N-dealkylation sites (tertiary alicyclic amines) is 1. The molecule has 22 heavy (non-hydrogen) atoms. The molecule has 0 saturated carbocycles. The summed E-state index contributed by atoms with van der Waals surface area (Å²) in [7, 11) is 0. The van der Waals surface area contributed by atoms with Crippen LogP contribution >= 0.6 is 11.6 Å². The van der Waals surface area contributed by atoms with Crippen LogP contribution in [0.3, 0.4) is 0 Å². The monoisotopic (exact) mass is 322 g/mol. The van der Waals surface area contributed by atoms with Gasteiger partial charge in [-0.25, -0.2) is 0 Å². The van der Waals surface area contributed by atoms with Gasteiger partial charge in [-0.05, 0) is 60.6 Å². The summed E-state index contributed by atoms with van der Waals surface area (Å²) in [6.45, 7) is 16.1. The van der Waals surface area contributed by atoms with Gasteiger partial charge in [0.1, 0.15) is 5.00 Å². The first-order valence-electron chi connectivity index (χ1n) is 8.18. The summed E-state index contributed by atoms with van der Waals surface area (Å²) in [5.74, 6) is 0. The average molecular weight is 323 g/mol. The third kappa shape index (κ3) is 3.60. The Hall–Kier alpha value is -0.730. The van der Waals surface area contributed by atoms with Crippen LogP contribution in [0.5, 0.6) is 0 Å². The third-order valence-corrected chi connectivity index (χ3v) is 4.81. The second-order valence-electron chi connectivity index (χ2n) is 8.94. The Labute approximate surface area is 141 Å². The molecule has 0 unspecified atom stereocenters. The van der Waals surface area contributed by atoms with Crippen LogP contribution in [-0.2, 0) is 0 Å². The molecular formula is C19H31ClN2. The minimum atomic E-state index is -0.421. The van der Waals surface area contributed by atoms with Crippen LogP contribution in [0.4, 0.5) is 5.69 Å². The number of hydrogen-bond donors (Lipinski definition) is 1. The second-order valence-corrected chi connectivity index (χ2v) is 9.66. The fraction of sp³-hybridized carbons (Fsp3) is 0.684. The number of alkyl halides is 1. The lowest BCUT2D eigenvalue weighted by Gasteiger charge is -2.62. The van der Waals surface area contributed by atoms with Crippen LogP contribution in [0, 0.1) is 0 Å². The summed E-state index contributed by atoms with van der Waals surface area (Å²) in [4.78, 5) is 2.20. The number of anilines is 1. The van der Waals surface area contributed by atoms with Crippen LogP contribution in [0.1, 0.15) is 61.3 Å². The molecule has 1 aliphatic rings. The molecular weight excluding hydrogens is 292 g/mol. The first kappa shape index (κ1) is 17.6. The van der Waals surface area contributed by atoms with E-state index in [0.29, 0.717) is 0 Å². The molecule has 0 aromatic heterocycles. The molecule has 0 aliphatic carbocycles. The van der Waals surface area contributed by atoms with Gasteiger partial charge < -0.3 is 5.32 Å². The Bertz CT molecular complexity index is 496. The van der Waals surface area contributed by atoms with E-state index in [1.165, 1.54) is 0 Å². The highest BCUT2D eigenvalue weighted by atomic mass is 35.5. The van der Waals surface area contributed by atoms with E-state index in [1.54, 1.807) is 0 Å². The molecule has 124 valence electrons. The Balaban J connectivity index is 2.32. The van der Waals surface area contributed by atoms with E-state index in [2.05, 4.69) is 70.8 Å². The van der Waals surface area contributed by atoms with Crippen molar-refractivity contribution in [2.75, 3.05) is 5.32 Å². The Morgan fingerprint density at radius 3 is 1.82 bits per heavy atom. The van der Waals surface area contributed by atoms with Gasteiger partial charge in [0, 0.05) is 35.1 Å². The highest BCUT2D eigenvalue weighted by Crippen LogP contribution is 2.49. The van der Waals surface area contributed by atoms with E-state index >= 15 is 0 Å². The Kier molecular flexibility index (Phi) is 4.34. The van der Waals surface area contributed by atoms with Gasteiger partial charge in [-0.2, -0.15) is 0 Å². The van der Waals surface area contributed by atoms with Crippen molar-refractivity contribution >= 4 is 17.3 Å². The van der Waals surface area contributed by atoms with Gasteiger partial charge in [-0.3, -0.25) is 4.90 Å². The fourth-order valence-electron chi connectivity index (χ4n) is 5.10. The number of rotatable bonds is 2. The Morgan fingerprint density at radius 1 is 0.955 bits per heavy atom. The number of halogens is 1. The molecule has 0 atom stereocenters. The van der Waals surface area contributed by atoms with Crippen molar-refractivity contribution < 1.29 is 0 Å². The van der Waals surface area contributed by atoms with Gasteiger partial charge in [0.25, 0.3) is 0 Å². The summed E-state index contributed by atoms with van der Waals surface area (Å²) in [6.07, 6.45) is 1.80. The molecule has 2 rings (SSSR count). The molecule has 2 nitrogen and oxygen atoms in total. The molecule has 1 aliphatic heterocycles. The van der Waals surface area contributed by atoms with E-state index in [9.17, 15) is 0 Å². The van der Waals surface area contributed by atoms with E-state index in [1.807, 2.05) is 18.2 Å². The highest BCUT2D eigenvalue weighted by Gasteiger charge is 2.54. The van der Waals surface area contributed by atoms with Crippen molar-refractivity contribution in [2.24, 2.45) is 0 Å². The van der Waals surface area contributed by atoms with Crippen molar-refractivity contribution in [1.29, 1.82) is 0 Å². The lowest BCUT2D eigenvalue weighted by molar-refractivity contribution is -0.0985. The fourth-order valence-corrected chi connectivity index (χ4v) is 5.86. The normalized spacial score (nSPS) is 24.0. The number of para-hydroxylation sites is 1. The third-order valence-electron chi connectivity index (χ3n) is 4.45. The van der Waals surface area contributed by atoms with Crippen LogP contribution in [0.25, 0.3) is 0 Å². The molecule has 1 heterocycles. The van der Waals surface area contributed by atoms with Gasteiger partial charge in [0.2, 0.25) is 0 Å². The first-order valence-corrected chi connectivity index (χ1v) is 8.56. The number of nitrogens with zero attached hydrogens (tertiary/aromatic N) is 1. The first-order chi connectivity index (χ1) is 9.86. The van der Waals surface area contributed by atoms with Crippen molar-refractivity contribution in [3.63, 3.8) is 0 Å². The average Bonchev–Trinajstić information content (AvgIpc) is 2.22. The molecule has 1 saturated heterocycles. The van der Waals surface area contributed by atoms with E-state index in [-0.39, 0.29) is 16.6 Å². The zero-order valence-corrected chi connectivity index (χ0v) is 15.9. The zero-order valence-electron chi connectivity index (χ0n) is 15.1. The summed E-state index contributed by atoms with van der Waals surface area (Å²) in [5.41, 5.74) is 1.23. The molecule has 0 amide bonds. The lowest BCUT2D eigenvalue weighted by Crippen LogP contribution is -2.70. The predicted molar refractivity (Wildman–Crippen MR) is 97.6 cm³/mol. The SMILES string of the molecule is CC(C)(C)N1C(C)(C)CC(Cl)(Nc2ccccc2)CC1(C)C. The van der Waals surface area contributed by atoms with Gasteiger partial charge in [-0.15, -0.1) is 0 Å². The molecule has 1 aromatic rings. The number of piperidine rings is 1. The molecule has 0 radical (unpaired) electrons. The highest BCUT2D eigenvalue weighted by molar-refractivity contribution is 6.25. The molecule has 1 aromatic carbocycles. The molecule has 0 spiro atoms. The quantitative estimate of drug-likeness (QED) is 0.572. The van der Waals surface area contributed by atoms with Crippen LogP contribution in [0.2, 0.25) is 0 Å². The molecule has 1 N–H and O–H groups in total. The van der Waals surface area contributed by atoms with Crippen molar-refractivity contribution in [2.45, 2.75) is 82.9 Å². The second kappa shape index (κ2) is 5.42. The van der Waals surface area contributed by atoms with E-state index in [0.717, 1.165) is 18.5 Å². The lowest BCUT2D eigenvalue weighted by atomic mass is 9.73. The minimum absolute atomic E-state index is 0.0174. The molecule has 0 bridgehead atoms. The van der Waals surface area contributed by atoms with Crippen LogP contribution in [-0.4, -0.2) is 26.5 Å². The van der Waals surface area contributed by atoms with E-state index < -0.39 is 5.00 Å². The zero-order chi connectivity index (χ0) is 16.8. The number of benzene rings is 1. The smallest absolute Gasteiger partial charge is 0.116 e. The predicted octanol–water partition coefficient (Wildman–Crippen LogP) is 5.49. The van der Waals surface area contributed by atoms with Gasteiger partial charge in [-0.1, -0.05) is 29.8 Å². The van der Waals surface area contributed by atoms with E-state index in [4.69, 9.17) is 11.6 Å². The summed E-state index contributed by atoms with van der Waals surface area (Å²) in [6, 6.07) is 10.3. The van der Waals surface area contributed by atoms with Crippen molar-refractivity contribution in [1.82, 2.24) is 4.90 Å². The summed E-state index contributed by atoms with van der Waals surface area (Å²) >= 11 is 7.06. The summed E-state index contributed by atoms with van der Waals surface area (Å²) in [5, 5.41) is 3.58. The van der Waals surface area contributed by atoms with Gasteiger partial charge in [0.15, 0.2) is 0 Å². The van der Waals surface area contributed by atoms with Crippen molar-refractivity contribution in [3.8, 4) is 0 Å². The van der Waals surface area contributed by atoms with Crippen LogP contribution in [0.15, 0.2) is 30.3 Å². The summed E-state index contributed by atoms with van der Waals surface area (Å²) < 4.78 is 0. The standard InChI is InChI=1S/C19H31ClN2/c1-16(2,3)22-17(4,5)13-19(20,14-18(22,6)7)21-15-11-9-8-10-12-15/h8-12,21H,13-14H2,1-7H3. The molecule has 1 fully saturated rings. The Morgan fingerprint density at radius 2 is 1.41 bits per heavy atom. The number of hydrogen-bond acceptors (Lipinski definition) is 2. The number of nitrogens with one attached hydrogen (secondary N) is 1. The largest absolute Gasteiger partial charge is 0.367 e. The minimum Gasteiger partial charge on any atom is -0.367 e. The van der Waals surface area contributed by atoms with Crippen LogP contribution < -0.4 is 5.32 Å². The molecule has 3 heteroatoms. The van der Waals surface area contributed by atoms with Crippen molar-refractivity contribution in [3.05, 3.63) is 30.3 Å². The topological polar surface area (TPSA) is 15.3 Å². The van der Waals surface area contributed by atoms with Gasteiger partial charge >= 0.3 is 0 Å². The maximum atomic E-state index is 7.06. The maximum absolute atomic E-state index is 7.06. The van der Waals surface area contributed by atoms with Gasteiger partial charge in [0.05, 0.1) is 0 Å². The maximum Gasteiger partial charge on any atom is 0.116 e.